The molecule has 1 unspecified atom stereocenters. The number of hydrogen-bond donors (Lipinski definition) is 0. The van der Waals surface area contributed by atoms with E-state index in [0.29, 0.717) is 11.8 Å². The number of benzene rings is 1. The van der Waals surface area contributed by atoms with E-state index in [1.54, 1.807) is 11.8 Å². The van der Waals surface area contributed by atoms with E-state index in [-0.39, 0.29) is 5.91 Å². The Bertz CT molecular complexity index is 416. The van der Waals surface area contributed by atoms with E-state index < -0.39 is 0 Å². The van der Waals surface area contributed by atoms with Gasteiger partial charge in [-0.25, -0.2) is 0 Å². The molecule has 0 saturated heterocycles. The Labute approximate surface area is 118 Å². The van der Waals surface area contributed by atoms with Crippen molar-refractivity contribution in [2.75, 3.05) is 12.8 Å². The van der Waals surface area contributed by atoms with Gasteiger partial charge >= 0.3 is 0 Å². The Morgan fingerprint density at radius 3 is 2.61 bits per heavy atom. The number of halogens is 1. The molecule has 0 heterocycles. The molecular formula is C14H18ClNOS. The molecule has 2 nitrogen and oxygen atoms in total. The molecule has 1 fully saturated rings. The van der Waals surface area contributed by atoms with Crippen LogP contribution in [0.5, 0.6) is 0 Å². The Morgan fingerprint density at radius 1 is 1.44 bits per heavy atom. The Kier molecular flexibility index (Phi) is 4.57. The molecule has 0 aliphatic heterocycles. The number of thioether (sulfide) groups is 1. The maximum absolute atomic E-state index is 12.0. The monoisotopic (exact) mass is 283 g/mol. The van der Waals surface area contributed by atoms with Crippen molar-refractivity contribution >= 4 is 29.3 Å². The molecule has 1 saturated carbocycles. The van der Waals surface area contributed by atoms with Crippen molar-refractivity contribution in [2.45, 2.75) is 30.7 Å². The normalized spacial score (nSPS) is 16.4. The number of carbonyl (C=O) groups excluding carboxylic acids is 1. The third kappa shape index (κ3) is 3.66. The molecule has 1 aromatic carbocycles. The second-order valence-electron chi connectivity index (χ2n) is 4.83. The first-order chi connectivity index (χ1) is 8.58. The van der Waals surface area contributed by atoms with E-state index in [4.69, 9.17) is 11.6 Å². The van der Waals surface area contributed by atoms with Crippen molar-refractivity contribution < 1.29 is 4.79 Å². The predicted octanol–water partition coefficient (Wildman–Crippen LogP) is 3.69. The van der Waals surface area contributed by atoms with Gasteiger partial charge in [0.2, 0.25) is 5.91 Å². The van der Waals surface area contributed by atoms with Crippen molar-refractivity contribution in [1.82, 2.24) is 4.90 Å². The van der Waals surface area contributed by atoms with Gasteiger partial charge in [-0.05, 0) is 49.9 Å². The molecule has 18 heavy (non-hydrogen) atoms. The van der Waals surface area contributed by atoms with E-state index >= 15 is 0 Å². The Balaban J connectivity index is 1.81. The maximum atomic E-state index is 12.0. The lowest BCUT2D eigenvalue weighted by Crippen LogP contribution is -2.37. The van der Waals surface area contributed by atoms with Gasteiger partial charge in [0.1, 0.15) is 0 Å². The molecule has 0 spiro atoms. The third-order valence-electron chi connectivity index (χ3n) is 3.48. The first kappa shape index (κ1) is 13.8. The molecule has 1 atom stereocenters. The van der Waals surface area contributed by atoms with Crippen LogP contribution in [0.2, 0.25) is 5.02 Å². The summed E-state index contributed by atoms with van der Waals surface area (Å²) in [5.74, 6) is 1.42. The molecule has 0 aromatic heterocycles. The van der Waals surface area contributed by atoms with Gasteiger partial charge in [-0.1, -0.05) is 11.6 Å². The van der Waals surface area contributed by atoms with Gasteiger partial charge in [0.15, 0.2) is 0 Å². The number of carbonyl (C=O) groups is 1. The van der Waals surface area contributed by atoms with Gasteiger partial charge in [0, 0.05) is 23.0 Å². The lowest BCUT2D eigenvalue weighted by atomic mass is 10.2. The summed E-state index contributed by atoms with van der Waals surface area (Å²) in [6.07, 6.45) is 2.53. The van der Waals surface area contributed by atoms with Gasteiger partial charge < -0.3 is 4.90 Å². The minimum Gasteiger partial charge on any atom is -0.342 e. The maximum Gasteiger partial charge on any atom is 0.232 e. The van der Waals surface area contributed by atoms with Crippen LogP contribution in [0.15, 0.2) is 29.2 Å². The molecule has 2 rings (SSSR count). The van der Waals surface area contributed by atoms with Crippen LogP contribution in [0.4, 0.5) is 0 Å². The van der Waals surface area contributed by atoms with E-state index in [2.05, 4.69) is 6.92 Å². The van der Waals surface area contributed by atoms with Gasteiger partial charge in [0.25, 0.3) is 0 Å². The van der Waals surface area contributed by atoms with E-state index in [1.807, 2.05) is 36.2 Å². The van der Waals surface area contributed by atoms with Crippen molar-refractivity contribution in [3.63, 3.8) is 0 Å². The molecule has 1 amide bonds. The highest BCUT2D eigenvalue weighted by atomic mass is 35.5. The lowest BCUT2D eigenvalue weighted by molar-refractivity contribution is -0.129. The van der Waals surface area contributed by atoms with Crippen LogP contribution in [-0.4, -0.2) is 29.6 Å². The van der Waals surface area contributed by atoms with E-state index in [1.165, 1.54) is 12.8 Å². The fourth-order valence-electron chi connectivity index (χ4n) is 1.90. The lowest BCUT2D eigenvalue weighted by Gasteiger charge is -2.24. The van der Waals surface area contributed by atoms with Crippen LogP contribution in [-0.2, 0) is 4.79 Å². The minimum atomic E-state index is 0.203. The van der Waals surface area contributed by atoms with Crippen LogP contribution in [0.25, 0.3) is 0 Å². The number of hydrogen-bond acceptors (Lipinski definition) is 2. The molecule has 1 aliphatic carbocycles. The minimum absolute atomic E-state index is 0.203. The van der Waals surface area contributed by atoms with Crippen molar-refractivity contribution in [3.8, 4) is 0 Å². The molecule has 0 N–H and O–H groups in total. The van der Waals surface area contributed by atoms with Crippen LogP contribution in [0.1, 0.15) is 19.8 Å². The standard InChI is InChI=1S/C14H18ClNOS/c1-10(11-3-4-11)16(2)14(17)9-18-13-7-5-12(15)6-8-13/h5-8,10-11H,3-4,9H2,1-2H3. The van der Waals surface area contributed by atoms with Crippen molar-refractivity contribution in [1.29, 1.82) is 0 Å². The predicted molar refractivity (Wildman–Crippen MR) is 77.1 cm³/mol. The molecule has 0 radical (unpaired) electrons. The largest absolute Gasteiger partial charge is 0.342 e. The summed E-state index contributed by atoms with van der Waals surface area (Å²) in [5.41, 5.74) is 0. The second kappa shape index (κ2) is 5.98. The van der Waals surface area contributed by atoms with Crippen LogP contribution >= 0.6 is 23.4 Å². The zero-order valence-electron chi connectivity index (χ0n) is 10.7. The average molecular weight is 284 g/mol. The zero-order valence-corrected chi connectivity index (χ0v) is 12.3. The zero-order chi connectivity index (χ0) is 13.1. The van der Waals surface area contributed by atoms with Gasteiger partial charge in [0.05, 0.1) is 5.75 Å². The van der Waals surface area contributed by atoms with Crippen molar-refractivity contribution in [2.24, 2.45) is 5.92 Å². The molecular weight excluding hydrogens is 266 g/mol. The average Bonchev–Trinajstić information content (AvgIpc) is 3.20. The second-order valence-corrected chi connectivity index (χ2v) is 6.31. The highest BCUT2D eigenvalue weighted by Gasteiger charge is 2.32. The number of amides is 1. The summed E-state index contributed by atoms with van der Waals surface area (Å²) in [5, 5.41) is 0.727. The molecule has 1 aromatic rings. The molecule has 98 valence electrons. The highest BCUT2D eigenvalue weighted by Crippen LogP contribution is 2.35. The molecule has 1 aliphatic rings. The summed E-state index contributed by atoms with van der Waals surface area (Å²) >= 11 is 7.39. The van der Waals surface area contributed by atoms with Crippen molar-refractivity contribution in [3.05, 3.63) is 29.3 Å². The summed E-state index contributed by atoms with van der Waals surface area (Å²) in [7, 11) is 1.91. The SMILES string of the molecule is CC(C1CC1)N(C)C(=O)CSc1ccc(Cl)cc1. The number of rotatable bonds is 5. The summed E-state index contributed by atoms with van der Waals surface area (Å²) in [4.78, 5) is 15.0. The first-order valence-corrected chi connectivity index (χ1v) is 7.58. The summed E-state index contributed by atoms with van der Waals surface area (Å²) < 4.78 is 0. The van der Waals surface area contributed by atoms with E-state index in [9.17, 15) is 4.79 Å². The number of nitrogens with zero attached hydrogens (tertiary/aromatic N) is 1. The molecule has 0 bridgehead atoms. The van der Waals surface area contributed by atoms with Crippen LogP contribution in [0, 0.1) is 5.92 Å². The van der Waals surface area contributed by atoms with Gasteiger partial charge in [-0.3, -0.25) is 4.79 Å². The van der Waals surface area contributed by atoms with Crippen LogP contribution < -0.4 is 0 Å². The summed E-state index contributed by atoms with van der Waals surface area (Å²) in [6, 6.07) is 7.98. The fourth-order valence-corrected chi connectivity index (χ4v) is 2.85. The first-order valence-electron chi connectivity index (χ1n) is 6.22. The van der Waals surface area contributed by atoms with Gasteiger partial charge in [-0.15, -0.1) is 11.8 Å². The highest BCUT2D eigenvalue weighted by molar-refractivity contribution is 8.00. The third-order valence-corrected chi connectivity index (χ3v) is 4.73. The summed E-state index contributed by atoms with van der Waals surface area (Å²) in [6.45, 7) is 2.14. The smallest absolute Gasteiger partial charge is 0.232 e. The quantitative estimate of drug-likeness (QED) is 0.768. The Hall–Kier alpha value is -0.670. The van der Waals surface area contributed by atoms with Crippen LogP contribution in [0.3, 0.4) is 0 Å². The fraction of sp³-hybridized carbons (Fsp3) is 0.500. The molecule has 4 heteroatoms. The van der Waals surface area contributed by atoms with Gasteiger partial charge in [-0.2, -0.15) is 0 Å². The topological polar surface area (TPSA) is 20.3 Å². The van der Waals surface area contributed by atoms with E-state index in [0.717, 1.165) is 15.8 Å². The Morgan fingerprint density at radius 2 is 2.06 bits per heavy atom.